The minimum absolute atomic E-state index is 0.119. The number of Topliss-reactive ketones (excluding diaryl/α,β-unsaturated/α-hetero) is 1. The number of carbonyl (C=O) groups excluding carboxylic acids is 4. The van der Waals surface area contributed by atoms with E-state index in [4.69, 9.17) is 4.74 Å². The van der Waals surface area contributed by atoms with Crippen LogP contribution in [0.2, 0.25) is 0 Å². The molecule has 2 aliphatic rings. The minimum atomic E-state index is -0.691. The van der Waals surface area contributed by atoms with Gasteiger partial charge in [0, 0.05) is 15.2 Å². The summed E-state index contributed by atoms with van der Waals surface area (Å²) in [6.45, 7) is -0.391. The van der Waals surface area contributed by atoms with E-state index < -0.39 is 12.6 Å². The van der Waals surface area contributed by atoms with Gasteiger partial charge in [0.05, 0.1) is 23.1 Å². The normalized spacial score (nSPS) is 25.3. The molecule has 4 atom stereocenters. The van der Waals surface area contributed by atoms with E-state index in [1.807, 2.05) is 0 Å². The van der Waals surface area contributed by atoms with Crippen LogP contribution in [0.5, 0.6) is 0 Å². The fourth-order valence-electron chi connectivity index (χ4n) is 4.04. The van der Waals surface area contributed by atoms with E-state index in [1.165, 1.54) is 17.0 Å². The summed E-state index contributed by atoms with van der Waals surface area (Å²) in [6, 6.07) is 14.8. The molecule has 0 unspecified atom stereocenters. The summed E-state index contributed by atoms with van der Waals surface area (Å²) in [7, 11) is 0. The van der Waals surface area contributed by atoms with Crippen molar-refractivity contribution in [2.24, 2.45) is 11.8 Å². The molecule has 0 aromatic heterocycles. The van der Waals surface area contributed by atoms with Crippen LogP contribution in [0.15, 0.2) is 54.6 Å². The van der Waals surface area contributed by atoms with Crippen LogP contribution in [0.1, 0.15) is 33.6 Å². The van der Waals surface area contributed by atoms with Gasteiger partial charge in [-0.05, 0) is 31.0 Å². The molecule has 6 nitrogen and oxygen atoms in total. The van der Waals surface area contributed by atoms with Crippen molar-refractivity contribution in [1.82, 2.24) is 0 Å². The quantitative estimate of drug-likeness (QED) is 0.243. The molecule has 31 heavy (non-hydrogen) atoms. The molecule has 160 valence electrons. The SMILES string of the molecule is O=C(COC(=O)c1cccc(N2C(=O)[C@H]3C[C@@H](Br)[C@@H](Br)C[C@H]3C2=O)c1)c1ccccc1. The van der Waals surface area contributed by atoms with Crippen LogP contribution in [0.25, 0.3) is 0 Å². The van der Waals surface area contributed by atoms with Crippen molar-refractivity contribution < 1.29 is 23.9 Å². The van der Waals surface area contributed by atoms with Crippen LogP contribution in [0.3, 0.4) is 0 Å². The fraction of sp³-hybridized carbons (Fsp3) is 0.304. The van der Waals surface area contributed by atoms with Gasteiger partial charge in [0.2, 0.25) is 11.8 Å². The van der Waals surface area contributed by atoms with E-state index in [9.17, 15) is 19.2 Å². The van der Waals surface area contributed by atoms with Crippen LogP contribution in [0, 0.1) is 11.8 Å². The molecule has 1 aliphatic heterocycles. The smallest absolute Gasteiger partial charge is 0.338 e. The molecule has 1 aliphatic carbocycles. The lowest BCUT2D eigenvalue weighted by atomic mass is 9.81. The van der Waals surface area contributed by atoms with Crippen molar-refractivity contribution >= 4 is 61.1 Å². The Morgan fingerprint density at radius 2 is 1.45 bits per heavy atom. The number of alkyl halides is 2. The molecule has 0 spiro atoms. The van der Waals surface area contributed by atoms with Crippen molar-refractivity contribution in [2.45, 2.75) is 22.5 Å². The molecule has 4 rings (SSSR count). The van der Waals surface area contributed by atoms with Gasteiger partial charge >= 0.3 is 5.97 Å². The third kappa shape index (κ3) is 4.36. The summed E-state index contributed by atoms with van der Waals surface area (Å²) < 4.78 is 5.15. The van der Waals surface area contributed by atoms with Crippen LogP contribution in [-0.4, -0.2) is 39.8 Å². The molecule has 2 aromatic rings. The first-order valence-corrected chi connectivity index (χ1v) is 11.7. The van der Waals surface area contributed by atoms with E-state index in [0.717, 1.165) is 0 Å². The highest BCUT2D eigenvalue weighted by atomic mass is 79.9. The lowest BCUT2D eigenvalue weighted by molar-refractivity contribution is -0.122. The van der Waals surface area contributed by atoms with Gasteiger partial charge in [-0.2, -0.15) is 0 Å². The van der Waals surface area contributed by atoms with Crippen molar-refractivity contribution in [1.29, 1.82) is 0 Å². The second-order valence-electron chi connectivity index (χ2n) is 7.64. The van der Waals surface area contributed by atoms with Crippen LogP contribution < -0.4 is 4.90 Å². The van der Waals surface area contributed by atoms with E-state index in [2.05, 4.69) is 31.9 Å². The second-order valence-corrected chi connectivity index (χ2v) is 10.00. The summed E-state index contributed by atoms with van der Waals surface area (Å²) in [4.78, 5) is 52.0. The van der Waals surface area contributed by atoms with Crippen LogP contribution in [0.4, 0.5) is 5.69 Å². The van der Waals surface area contributed by atoms with Gasteiger partial charge in [-0.25, -0.2) is 4.79 Å². The highest BCUT2D eigenvalue weighted by molar-refractivity contribution is 9.12. The lowest BCUT2D eigenvalue weighted by Crippen LogP contribution is -2.34. The molecule has 0 radical (unpaired) electrons. The van der Waals surface area contributed by atoms with E-state index >= 15 is 0 Å². The largest absolute Gasteiger partial charge is 0.454 e. The number of hydrogen-bond acceptors (Lipinski definition) is 5. The molecule has 2 fully saturated rings. The number of halogens is 2. The Bertz CT molecular complexity index is 1010. The molecule has 2 amide bonds. The first-order valence-electron chi connectivity index (χ1n) is 9.88. The zero-order chi connectivity index (χ0) is 22.1. The first kappa shape index (κ1) is 21.9. The summed E-state index contributed by atoms with van der Waals surface area (Å²) in [6.07, 6.45) is 1.15. The van der Waals surface area contributed by atoms with E-state index in [0.29, 0.717) is 24.1 Å². The predicted molar refractivity (Wildman–Crippen MR) is 122 cm³/mol. The summed E-state index contributed by atoms with van der Waals surface area (Å²) in [5.74, 6) is -2.24. The van der Waals surface area contributed by atoms with Crippen molar-refractivity contribution in [3.63, 3.8) is 0 Å². The number of esters is 1. The molecule has 0 bridgehead atoms. The minimum Gasteiger partial charge on any atom is -0.454 e. The number of fused-ring (bicyclic) bond motifs is 1. The number of ether oxygens (including phenoxy) is 1. The third-order valence-corrected chi connectivity index (χ3v) is 8.42. The Hall–Kier alpha value is -2.32. The monoisotopic (exact) mass is 547 g/mol. The fourth-order valence-corrected chi connectivity index (χ4v) is 5.28. The molecular weight excluding hydrogens is 530 g/mol. The highest BCUT2D eigenvalue weighted by Gasteiger charge is 2.52. The first-order chi connectivity index (χ1) is 14.9. The number of anilines is 1. The number of carbonyl (C=O) groups is 4. The Morgan fingerprint density at radius 1 is 0.871 bits per heavy atom. The molecule has 1 heterocycles. The molecule has 2 aromatic carbocycles. The van der Waals surface area contributed by atoms with Gasteiger partial charge in [-0.1, -0.05) is 68.3 Å². The second kappa shape index (κ2) is 9.04. The van der Waals surface area contributed by atoms with Gasteiger partial charge in [0.15, 0.2) is 12.4 Å². The lowest BCUT2D eigenvalue weighted by Gasteiger charge is -2.29. The van der Waals surface area contributed by atoms with Crippen molar-refractivity contribution in [2.75, 3.05) is 11.5 Å². The summed E-state index contributed by atoms with van der Waals surface area (Å²) >= 11 is 7.15. The third-order valence-electron chi connectivity index (χ3n) is 5.68. The molecule has 1 saturated heterocycles. The molecule has 1 saturated carbocycles. The van der Waals surface area contributed by atoms with Crippen molar-refractivity contribution in [3.05, 3.63) is 65.7 Å². The maximum atomic E-state index is 13.0. The number of amides is 2. The van der Waals surface area contributed by atoms with Crippen LogP contribution >= 0.6 is 31.9 Å². The van der Waals surface area contributed by atoms with E-state index in [1.54, 1.807) is 42.5 Å². The van der Waals surface area contributed by atoms with Crippen molar-refractivity contribution in [3.8, 4) is 0 Å². The number of ketones is 1. The molecule has 0 N–H and O–H groups in total. The van der Waals surface area contributed by atoms with Crippen LogP contribution in [-0.2, 0) is 14.3 Å². The highest BCUT2D eigenvalue weighted by Crippen LogP contribution is 2.44. The number of hydrogen-bond donors (Lipinski definition) is 0. The summed E-state index contributed by atoms with van der Waals surface area (Å²) in [5.41, 5.74) is 0.964. The zero-order valence-corrected chi connectivity index (χ0v) is 19.5. The Kier molecular flexibility index (Phi) is 6.39. The zero-order valence-electron chi connectivity index (χ0n) is 16.4. The van der Waals surface area contributed by atoms with Gasteiger partial charge in [0.1, 0.15) is 0 Å². The number of rotatable bonds is 5. The van der Waals surface area contributed by atoms with Gasteiger partial charge in [-0.3, -0.25) is 19.3 Å². The number of imide groups is 1. The number of nitrogens with zero attached hydrogens (tertiary/aromatic N) is 1. The standard InChI is InChI=1S/C23H19Br2NO5/c24-18-10-16-17(11-19(18)25)22(29)26(21(16)28)15-8-4-7-14(9-15)23(30)31-12-20(27)13-5-2-1-3-6-13/h1-9,16-19H,10-12H2/t16-,17+,18+,19-. The Morgan fingerprint density at radius 3 is 2.06 bits per heavy atom. The maximum Gasteiger partial charge on any atom is 0.338 e. The Labute approximate surface area is 196 Å². The average molecular weight is 549 g/mol. The maximum absolute atomic E-state index is 13.0. The Balaban J connectivity index is 1.48. The van der Waals surface area contributed by atoms with Gasteiger partial charge in [-0.15, -0.1) is 0 Å². The van der Waals surface area contributed by atoms with E-state index in [-0.39, 0.29) is 44.7 Å². The number of benzene rings is 2. The molecular formula is C23H19Br2NO5. The average Bonchev–Trinajstić information content (AvgIpc) is 3.02. The molecule has 8 heteroatoms. The summed E-state index contributed by atoms with van der Waals surface area (Å²) in [5, 5.41) is 0. The topological polar surface area (TPSA) is 80.8 Å². The van der Waals surface area contributed by atoms with Gasteiger partial charge < -0.3 is 4.74 Å². The predicted octanol–water partition coefficient (Wildman–Crippen LogP) is 4.15. The van der Waals surface area contributed by atoms with Gasteiger partial charge in [0.25, 0.3) is 0 Å².